The van der Waals surface area contributed by atoms with Gasteiger partial charge in [0.1, 0.15) is 23.3 Å². The Kier molecular flexibility index (Phi) is 6.38. The second-order valence-corrected chi connectivity index (χ2v) is 5.73. The van der Waals surface area contributed by atoms with E-state index in [4.69, 9.17) is 14.2 Å². The van der Waals surface area contributed by atoms with E-state index in [1.54, 1.807) is 38.1 Å². The fraction of sp³-hybridized carbons (Fsp3) is 0.421. The van der Waals surface area contributed by atoms with Crippen LogP contribution in [0, 0.1) is 11.8 Å². The summed E-state index contributed by atoms with van der Waals surface area (Å²) >= 11 is 0. The van der Waals surface area contributed by atoms with E-state index in [0.29, 0.717) is 11.3 Å². The molecule has 1 aromatic rings. The van der Waals surface area contributed by atoms with Gasteiger partial charge in [0.25, 0.3) is 0 Å². The average Bonchev–Trinajstić information content (AvgIpc) is 2.61. The number of esters is 2. The summed E-state index contributed by atoms with van der Waals surface area (Å²) in [4.78, 5) is 37.3. The van der Waals surface area contributed by atoms with Gasteiger partial charge < -0.3 is 19.3 Å². The highest BCUT2D eigenvalue weighted by molar-refractivity contribution is 6.08. The second kappa shape index (κ2) is 8.51. The maximum atomic E-state index is 12.4. The highest BCUT2D eigenvalue weighted by Crippen LogP contribution is 2.41. The third-order valence-electron chi connectivity index (χ3n) is 4.22. The van der Waals surface area contributed by atoms with Crippen molar-refractivity contribution in [2.45, 2.75) is 19.8 Å². The first-order valence-corrected chi connectivity index (χ1v) is 8.36. The quantitative estimate of drug-likeness (QED) is 0.611. The number of hydrogen-bond donors (Lipinski definition) is 1. The molecule has 140 valence electrons. The van der Waals surface area contributed by atoms with E-state index in [1.807, 2.05) is 0 Å². The lowest BCUT2D eigenvalue weighted by Crippen LogP contribution is -2.42. The Labute approximate surface area is 151 Å². The molecule has 1 aromatic carbocycles. The number of rotatable bonds is 6. The molecule has 0 unspecified atom stereocenters. The van der Waals surface area contributed by atoms with Crippen LogP contribution >= 0.6 is 0 Å². The zero-order chi connectivity index (χ0) is 19.3. The predicted molar refractivity (Wildman–Crippen MR) is 91.7 cm³/mol. The first-order chi connectivity index (χ1) is 12.4. The molecule has 0 aromatic heterocycles. The Hall–Kier alpha value is -2.83. The van der Waals surface area contributed by atoms with Gasteiger partial charge in [-0.25, -0.2) is 0 Å². The van der Waals surface area contributed by atoms with Crippen molar-refractivity contribution in [1.82, 2.24) is 0 Å². The number of allylic oxidation sites excluding steroid dienone is 1. The van der Waals surface area contributed by atoms with Crippen LogP contribution in [0.3, 0.4) is 0 Å². The summed E-state index contributed by atoms with van der Waals surface area (Å²) in [6, 6.07) is 6.60. The first-order valence-electron chi connectivity index (χ1n) is 8.36. The summed E-state index contributed by atoms with van der Waals surface area (Å²) in [5.41, 5.74) is 0.523. The van der Waals surface area contributed by atoms with E-state index in [0.717, 1.165) is 6.08 Å². The van der Waals surface area contributed by atoms with Crippen LogP contribution in [-0.4, -0.2) is 43.2 Å². The van der Waals surface area contributed by atoms with Gasteiger partial charge in [-0.1, -0.05) is 12.1 Å². The molecule has 0 spiro atoms. The van der Waals surface area contributed by atoms with Gasteiger partial charge in [-0.3, -0.25) is 14.4 Å². The van der Waals surface area contributed by atoms with Crippen molar-refractivity contribution in [2.24, 2.45) is 11.8 Å². The molecule has 0 radical (unpaired) electrons. The van der Waals surface area contributed by atoms with Crippen molar-refractivity contribution in [3.8, 4) is 5.75 Å². The van der Waals surface area contributed by atoms with Gasteiger partial charge in [0.05, 0.1) is 20.3 Å². The van der Waals surface area contributed by atoms with Crippen LogP contribution in [0.5, 0.6) is 5.75 Å². The molecule has 3 atom stereocenters. The molecule has 1 N–H and O–H groups in total. The van der Waals surface area contributed by atoms with Crippen LogP contribution in [0.1, 0.15) is 25.3 Å². The summed E-state index contributed by atoms with van der Waals surface area (Å²) in [6.45, 7) is 3.47. The third-order valence-corrected chi connectivity index (χ3v) is 4.22. The largest absolute Gasteiger partial charge is 0.511 e. The van der Waals surface area contributed by atoms with Gasteiger partial charge in [-0.05, 0) is 31.5 Å². The highest BCUT2D eigenvalue weighted by atomic mass is 16.5. The van der Waals surface area contributed by atoms with E-state index in [9.17, 15) is 19.5 Å². The number of aliphatic hydroxyl groups excluding tert-OH is 1. The summed E-state index contributed by atoms with van der Waals surface area (Å²) in [7, 11) is 1.51. The maximum Gasteiger partial charge on any atom is 0.317 e. The predicted octanol–water partition coefficient (Wildman–Crippen LogP) is 2.16. The smallest absolute Gasteiger partial charge is 0.317 e. The molecular formula is C19H22O7. The molecule has 26 heavy (non-hydrogen) atoms. The van der Waals surface area contributed by atoms with Crippen LogP contribution in [0.15, 0.2) is 36.1 Å². The summed E-state index contributed by atoms with van der Waals surface area (Å²) in [5, 5.41) is 10.3. The van der Waals surface area contributed by atoms with Crippen LogP contribution in [0.4, 0.5) is 0 Å². The summed E-state index contributed by atoms with van der Waals surface area (Å²) < 4.78 is 15.2. The van der Waals surface area contributed by atoms with Gasteiger partial charge in [0.2, 0.25) is 0 Å². The fourth-order valence-electron chi connectivity index (χ4n) is 3.08. The minimum atomic E-state index is -1.24. The van der Waals surface area contributed by atoms with Crippen LogP contribution in [-0.2, 0) is 23.9 Å². The average molecular weight is 362 g/mol. The maximum absolute atomic E-state index is 12.4. The van der Waals surface area contributed by atoms with Gasteiger partial charge >= 0.3 is 11.9 Å². The van der Waals surface area contributed by atoms with Crippen molar-refractivity contribution >= 4 is 17.7 Å². The molecule has 0 saturated heterocycles. The molecule has 7 heteroatoms. The normalized spacial score (nSPS) is 22.3. The molecule has 1 aliphatic carbocycles. The summed E-state index contributed by atoms with van der Waals surface area (Å²) in [6.07, 6.45) is 0.906. The molecule has 0 heterocycles. The van der Waals surface area contributed by atoms with Gasteiger partial charge in [-0.15, -0.1) is 0 Å². The van der Waals surface area contributed by atoms with E-state index in [2.05, 4.69) is 0 Å². The molecule has 0 saturated carbocycles. The second-order valence-electron chi connectivity index (χ2n) is 5.73. The van der Waals surface area contributed by atoms with Gasteiger partial charge in [0, 0.05) is 12.0 Å². The molecule has 0 aliphatic heterocycles. The van der Waals surface area contributed by atoms with Crippen LogP contribution < -0.4 is 4.74 Å². The van der Waals surface area contributed by atoms with Gasteiger partial charge in [-0.2, -0.15) is 0 Å². The number of ketones is 1. The van der Waals surface area contributed by atoms with Crippen LogP contribution in [0.25, 0.3) is 0 Å². The topological polar surface area (TPSA) is 99.1 Å². The number of ether oxygens (including phenoxy) is 3. The number of carbonyl (C=O) groups excluding carboxylic acids is 3. The number of benzene rings is 1. The molecule has 1 aliphatic rings. The summed E-state index contributed by atoms with van der Waals surface area (Å²) in [5.74, 6) is -5.24. The monoisotopic (exact) mass is 362 g/mol. The lowest BCUT2D eigenvalue weighted by Gasteiger charge is -2.33. The van der Waals surface area contributed by atoms with Crippen molar-refractivity contribution in [2.75, 3.05) is 20.3 Å². The Morgan fingerprint density at radius 2 is 1.54 bits per heavy atom. The molecular weight excluding hydrogens is 340 g/mol. The van der Waals surface area contributed by atoms with Gasteiger partial charge in [0.15, 0.2) is 5.78 Å². The lowest BCUT2D eigenvalue weighted by molar-refractivity contribution is -0.156. The fourth-order valence-corrected chi connectivity index (χ4v) is 3.08. The minimum Gasteiger partial charge on any atom is -0.511 e. The first kappa shape index (κ1) is 19.5. The van der Waals surface area contributed by atoms with E-state index >= 15 is 0 Å². The van der Waals surface area contributed by atoms with E-state index < -0.39 is 41.2 Å². The Morgan fingerprint density at radius 1 is 1.00 bits per heavy atom. The highest BCUT2D eigenvalue weighted by Gasteiger charge is 2.49. The zero-order valence-corrected chi connectivity index (χ0v) is 14.9. The zero-order valence-electron chi connectivity index (χ0n) is 14.9. The molecule has 0 fully saturated rings. The third kappa shape index (κ3) is 3.87. The number of carbonyl (C=O) groups is 3. The standard InChI is InChI=1S/C19H22O7/c1-4-25-18(22)16-13(20)10-14(21)17(19(23)26-5-2)15(16)11-6-8-12(24-3)9-7-11/h6-10,15-17,20H,4-5H2,1-3H3/t15-,16+,17+/m0/s1. The number of aliphatic hydroxyl groups is 1. The van der Waals surface area contributed by atoms with Crippen LogP contribution in [0.2, 0.25) is 0 Å². The van der Waals surface area contributed by atoms with Crippen molar-refractivity contribution in [3.05, 3.63) is 41.7 Å². The van der Waals surface area contributed by atoms with E-state index in [1.165, 1.54) is 7.11 Å². The molecule has 0 amide bonds. The Balaban J connectivity index is 2.55. The number of methoxy groups -OCH3 is 1. The molecule has 2 rings (SSSR count). The number of hydrogen-bond acceptors (Lipinski definition) is 7. The Morgan fingerprint density at radius 3 is 2.04 bits per heavy atom. The SMILES string of the molecule is CCOC(=O)[C@@H]1C(O)=CC(=O)[C@@H](C(=O)OCC)[C@H]1c1ccc(OC)cc1. The Bertz CT molecular complexity index is 705. The van der Waals surface area contributed by atoms with Crippen molar-refractivity contribution in [1.29, 1.82) is 0 Å². The van der Waals surface area contributed by atoms with E-state index in [-0.39, 0.29) is 13.2 Å². The lowest BCUT2D eigenvalue weighted by atomic mass is 9.70. The van der Waals surface area contributed by atoms with Crippen molar-refractivity contribution in [3.63, 3.8) is 0 Å². The van der Waals surface area contributed by atoms with Crippen molar-refractivity contribution < 1.29 is 33.7 Å². The molecule has 7 nitrogen and oxygen atoms in total. The minimum absolute atomic E-state index is 0.0950. The molecule has 0 bridgehead atoms.